The standard InChI is InChI=1S/C18H14ClFO5/c1-10(16(21)11-2-4-13(20)5-3-11)25-18(22)12-8-14(19)17-15(9-12)23-6-7-24-17/h2-5,8-10H,6-7H2,1H3/t10-/m1/s1. The van der Waals surface area contributed by atoms with Crippen molar-refractivity contribution in [3.63, 3.8) is 0 Å². The van der Waals surface area contributed by atoms with E-state index >= 15 is 0 Å². The second-order valence-corrected chi connectivity index (χ2v) is 5.81. The molecule has 25 heavy (non-hydrogen) atoms. The summed E-state index contributed by atoms with van der Waals surface area (Å²) in [4.78, 5) is 24.5. The maximum absolute atomic E-state index is 12.9. The lowest BCUT2D eigenvalue weighted by Gasteiger charge is -2.20. The van der Waals surface area contributed by atoms with Crippen LogP contribution in [0.5, 0.6) is 11.5 Å². The maximum atomic E-state index is 12.9. The fourth-order valence-corrected chi connectivity index (χ4v) is 2.62. The molecule has 3 rings (SSSR count). The van der Waals surface area contributed by atoms with Crippen molar-refractivity contribution in [1.82, 2.24) is 0 Å². The Hall–Kier alpha value is -2.60. The van der Waals surface area contributed by atoms with Crippen molar-refractivity contribution in [2.45, 2.75) is 13.0 Å². The van der Waals surface area contributed by atoms with E-state index in [1.165, 1.54) is 43.3 Å². The minimum absolute atomic E-state index is 0.146. The van der Waals surface area contributed by atoms with E-state index in [2.05, 4.69) is 0 Å². The molecule has 1 atom stereocenters. The summed E-state index contributed by atoms with van der Waals surface area (Å²) in [5.41, 5.74) is 0.398. The predicted octanol–water partition coefficient (Wildman–Crippen LogP) is 3.68. The number of carbonyl (C=O) groups is 2. The lowest BCUT2D eigenvalue weighted by atomic mass is 10.1. The lowest BCUT2D eigenvalue weighted by molar-refractivity contribution is 0.0318. The molecule has 0 bridgehead atoms. The number of Topliss-reactive ketones (excluding diaryl/α,β-unsaturated/α-hetero) is 1. The third-order valence-corrected chi connectivity index (χ3v) is 3.90. The number of hydrogen-bond acceptors (Lipinski definition) is 5. The van der Waals surface area contributed by atoms with Gasteiger partial charge >= 0.3 is 5.97 Å². The molecule has 7 heteroatoms. The van der Waals surface area contributed by atoms with Crippen LogP contribution in [-0.2, 0) is 4.74 Å². The zero-order valence-electron chi connectivity index (χ0n) is 13.3. The summed E-state index contributed by atoms with van der Waals surface area (Å²) in [5, 5.41) is 0.224. The summed E-state index contributed by atoms with van der Waals surface area (Å²) in [6, 6.07) is 7.86. The molecule has 0 saturated heterocycles. The molecule has 0 fully saturated rings. The number of esters is 1. The van der Waals surface area contributed by atoms with Gasteiger partial charge in [-0.3, -0.25) is 4.79 Å². The van der Waals surface area contributed by atoms with E-state index in [9.17, 15) is 14.0 Å². The summed E-state index contributed by atoms with van der Waals surface area (Å²) < 4.78 is 28.9. The van der Waals surface area contributed by atoms with Gasteiger partial charge in [0, 0.05) is 5.56 Å². The van der Waals surface area contributed by atoms with Crippen molar-refractivity contribution < 1.29 is 28.2 Å². The molecule has 0 aliphatic carbocycles. The average molecular weight is 365 g/mol. The lowest BCUT2D eigenvalue weighted by Crippen LogP contribution is -2.24. The molecule has 0 N–H and O–H groups in total. The highest BCUT2D eigenvalue weighted by Gasteiger charge is 2.24. The molecule has 0 amide bonds. The third-order valence-electron chi connectivity index (χ3n) is 3.61. The highest BCUT2D eigenvalue weighted by atomic mass is 35.5. The number of fused-ring (bicyclic) bond motifs is 1. The fraction of sp³-hybridized carbons (Fsp3) is 0.222. The quantitative estimate of drug-likeness (QED) is 0.611. The summed E-state index contributed by atoms with van der Waals surface area (Å²) in [5.74, 6) is -0.880. The van der Waals surface area contributed by atoms with Gasteiger partial charge in [0.15, 0.2) is 17.6 Å². The van der Waals surface area contributed by atoms with Crippen molar-refractivity contribution in [3.8, 4) is 11.5 Å². The summed E-state index contributed by atoms with van der Waals surface area (Å²) >= 11 is 6.09. The van der Waals surface area contributed by atoms with Crippen LogP contribution in [0.4, 0.5) is 4.39 Å². The van der Waals surface area contributed by atoms with Gasteiger partial charge in [-0.1, -0.05) is 11.6 Å². The van der Waals surface area contributed by atoms with Gasteiger partial charge in [-0.05, 0) is 43.3 Å². The molecule has 130 valence electrons. The smallest absolute Gasteiger partial charge is 0.339 e. The van der Waals surface area contributed by atoms with E-state index in [0.29, 0.717) is 24.7 Å². The number of rotatable bonds is 4. The Kier molecular flexibility index (Phi) is 4.90. The van der Waals surface area contributed by atoms with Gasteiger partial charge in [0.25, 0.3) is 0 Å². The number of ketones is 1. The van der Waals surface area contributed by atoms with Gasteiger partial charge in [-0.2, -0.15) is 0 Å². The molecule has 2 aromatic carbocycles. The monoisotopic (exact) mass is 364 g/mol. The van der Waals surface area contributed by atoms with Crippen molar-refractivity contribution in [1.29, 1.82) is 0 Å². The topological polar surface area (TPSA) is 61.8 Å². The van der Waals surface area contributed by atoms with Crippen molar-refractivity contribution >= 4 is 23.4 Å². The van der Waals surface area contributed by atoms with Crippen LogP contribution in [0.2, 0.25) is 5.02 Å². The number of halogens is 2. The first-order chi connectivity index (χ1) is 12.0. The van der Waals surface area contributed by atoms with Gasteiger partial charge in [0.1, 0.15) is 19.0 Å². The molecule has 1 aliphatic rings. The molecule has 1 heterocycles. The van der Waals surface area contributed by atoms with E-state index < -0.39 is 23.7 Å². The number of carbonyl (C=O) groups excluding carboxylic acids is 2. The molecule has 0 aromatic heterocycles. The Morgan fingerprint density at radius 2 is 1.80 bits per heavy atom. The van der Waals surface area contributed by atoms with E-state index in [0.717, 1.165) is 0 Å². The SMILES string of the molecule is C[C@@H](OC(=O)c1cc(Cl)c2c(c1)OCCO2)C(=O)c1ccc(F)cc1. The minimum atomic E-state index is -1.04. The van der Waals surface area contributed by atoms with Gasteiger partial charge in [-0.15, -0.1) is 0 Å². The zero-order chi connectivity index (χ0) is 18.0. The van der Waals surface area contributed by atoms with Crippen LogP contribution in [0.25, 0.3) is 0 Å². The van der Waals surface area contributed by atoms with Crippen molar-refractivity contribution in [2.75, 3.05) is 13.2 Å². The Labute approximate surface area is 148 Å². The first-order valence-corrected chi connectivity index (χ1v) is 7.93. The summed E-state index contributed by atoms with van der Waals surface area (Å²) in [6.07, 6.45) is -1.04. The highest BCUT2D eigenvalue weighted by molar-refractivity contribution is 6.32. The Morgan fingerprint density at radius 1 is 1.12 bits per heavy atom. The second-order valence-electron chi connectivity index (χ2n) is 5.40. The Balaban J connectivity index is 1.74. The average Bonchev–Trinajstić information content (AvgIpc) is 2.61. The van der Waals surface area contributed by atoms with E-state index in [4.69, 9.17) is 25.8 Å². The van der Waals surface area contributed by atoms with E-state index in [-0.39, 0.29) is 16.1 Å². The Bertz CT molecular complexity index is 819. The number of hydrogen-bond donors (Lipinski definition) is 0. The molecule has 5 nitrogen and oxygen atoms in total. The van der Waals surface area contributed by atoms with Crippen LogP contribution in [0.15, 0.2) is 36.4 Å². The largest absolute Gasteiger partial charge is 0.486 e. The molecule has 0 radical (unpaired) electrons. The molecule has 0 spiro atoms. The number of benzene rings is 2. The van der Waals surface area contributed by atoms with E-state index in [1.54, 1.807) is 0 Å². The molecule has 2 aromatic rings. The fourth-order valence-electron chi connectivity index (χ4n) is 2.36. The maximum Gasteiger partial charge on any atom is 0.339 e. The molecular formula is C18H14ClFO5. The third kappa shape index (κ3) is 3.74. The zero-order valence-corrected chi connectivity index (χ0v) is 14.0. The normalized spacial score (nSPS) is 13.9. The van der Waals surface area contributed by atoms with E-state index in [1.807, 2.05) is 0 Å². The highest BCUT2D eigenvalue weighted by Crippen LogP contribution is 2.38. The van der Waals surface area contributed by atoms with Crippen LogP contribution < -0.4 is 9.47 Å². The second kappa shape index (κ2) is 7.11. The Morgan fingerprint density at radius 3 is 2.52 bits per heavy atom. The molecule has 1 aliphatic heterocycles. The predicted molar refractivity (Wildman–Crippen MR) is 88.1 cm³/mol. The van der Waals surface area contributed by atoms with Crippen molar-refractivity contribution in [2.24, 2.45) is 0 Å². The minimum Gasteiger partial charge on any atom is -0.486 e. The van der Waals surface area contributed by atoms with Gasteiger partial charge in [-0.25, -0.2) is 9.18 Å². The van der Waals surface area contributed by atoms with Crippen LogP contribution in [0, 0.1) is 5.82 Å². The van der Waals surface area contributed by atoms with Crippen molar-refractivity contribution in [3.05, 3.63) is 58.4 Å². The first-order valence-electron chi connectivity index (χ1n) is 7.55. The van der Waals surface area contributed by atoms with Crippen LogP contribution in [0.3, 0.4) is 0 Å². The first kappa shape index (κ1) is 17.2. The molecule has 0 unspecified atom stereocenters. The van der Waals surface area contributed by atoms with Crippen LogP contribution >= 0.6 is 11.6 Å². The summed E-state index contributed by atoms with van der Waals surface area (Å²) in [7, 11) is 0. The van der Waals surface area contributed by atoms with Gasteiger partial charge in [0.05, 0.1) is 10.6 Å². The van der Waals surface area contributed by atoms with Crippen LogP contribution in [0.1, 0.15) is 27.6 Å². The van der Waals surface area contributed by atoms with Crippen LogP contribution in [-0.4, -0.2) is 31.1 Å². The molecule has 0 saturated carbocycles. The molecular weight excluding hydrogens is 351 g/mol. The van der Waals surface area contributed by atoms with Gasteiger partial charge < -0.3 is 14.2 Å². The van der Waals surface area contributed by atoms with Gasteiger partial charge in [0.2, 0.25) is 5.78 Å². The number of ether oxygens (including phenoxy) is 3. The summed E-state index contributed by atoms with van der Waals surface area (Å²) in [6.45, 7) is 2.17.